The molecule has 1 aliphatic rings. The number of rotatable bonds is 3. The first-order chi connectivity index (χ1) is 11.5. The zero-order valence-electron chi connectivity index (χ0n) is 12.6. The van der Waals surface area contributed by atoms with Crippen LogP contribution in [0.25, 0.3) is 11.3 Å². The van der Waals surface area contributed by atoms with Crippen molar-refractivity contribution in [3.05, 3.63) is 65.5 Å². The van der Waals surface area contributed by atoms with Crippen molar-refractivity contribution in [2.45, 2.75) is 19.3 Å². The summed E-state index contributed by atoms with van der Waals surface area (Å²) in [5.74, 6) is -1.48. The Morgan fingerprint density at radius 1 is 1.21 bits per heavy atom. The summed E-state index contributed by atoms with van der Waals surface area (Å²) in [7, 11) is -2.55. The topological polar surface area (TPSA) is 60.2 Å². The lowest BCUT2D eigenvalue weighted by Gasteiger charge is -2.16. The van der Waals surface area contributed by atoms with Gasteiger partial charge in [0.1, 0.15) is 5.69 Å². The second kappa shape index (κ2) is 6.52. The molecular formula is C17H13F2NO3S. The van der Waals surface area contributed by atoms with E-state index in [4.69, 9.17) is 4.52 Å². The third-order valence-electron chi connectivity index (χ3n) is 3.73. The zero-order chi connectivity index (χ0) is 17.3. The SMILES string of the molecule is CC1=CC(=S(=O)=O)C(c2c(-c3ccccc3)noc2C(F)F)C=C1. The summed E-state index contributed by atoms with van der Waals surface area (Å²) in [6.07, 6.45) is 1.83. The fourth-order valence-corrected chi connectivity index (χ4v) is 3.35. The molecule has 3 rings (SSSR count). The fraction of sp³-hybridized carbons (Fsp3) is 0.176. The molecule has 7 heteroatoms. The summed E-state index contributed by atoms with van der Waals surface area (Å²) < 4.78 is 54.8. The molecule has 0 spiro atoms. The Balaban J connectivity index is 2.25. The average Bonchev–Trinajstić information content (AvgIpc) is 3.00. The zero-order valence-corrected chi connectivity index (χ0v) is 13.4. The van der Waals surface area contributed by atoms with E-state index in [0.717, 1.165) is 5.57 Å². The fourth-order valence-electron chi connectivity index (χ4n) is 2.67. The number of aromatic nitrogens is 1. The minimum Gasteiger partial charge on any atom is -0.354 e. The molecule has 0 amide bonds. The molecule has 24 heavy (non-hydrogen) atoms. The molecule has 0 fully saturated rings. The van der Waals surface area contributed by atoms with Gasteiger partial charge in [-0.3, -0.25) is 0 Å². The molecule has 1 aromatic heterocycles. The van der Waals surface area contributed by atoms with Crippen LogP contribution in [0.5, 0.6) is 0 Å². The van der Waals surface area contributed by atoms with E-state index in [2.05, 4.69) is 5.16 Å². The Kier molecular flexibility index (Phi) is 4.44. The molecule has 0 bridgehead atoms. The van der Waals surface area contributed by atoms with E-state index >= 15 is 0 Å². The first kappa shape index (κ1) is 16.3. The number of allylic oxidation sites excluding steroid dienone is 4. The molecule has 2 aromatic rings. The van der Waals surface area contributed by atoms with Crippen LogP contribution in [0.2, 0.25) is 0 Å². The highest BCUT2D eigenvalue weighted by atomic mass is 32.2. The quantitative estimate of drug-likeness (QED) is 0.788. The molecule has 0 radical (unpaired) electrons. The van der Waals surface area contributed by atoms with E-state index in [1.54, 1.807) is 49.4 Å². The normalized spacial score (nSPS) is 17.2. The van der Waals surface area contributed by atoms with Gasteiger partial charge in [-0.25, -0.2) is 8.78 Å². The van der Waals surface area contributed by atoms with Gasteiger partial charge in [-0.15, -0.1) is 0 Å². The molecular weight excluding hydrogens is 336 g/mol. The minimum atomic E-state index is -2.90. The van der Waals surface area contributed by atoms with Gasteiger partial charge in [0, 0.05) is 17.0 Å². The number of alkyl halides is 2. The molecule has 0 aliphatic heterocycles. The molecule has 1 unspecified atom stereocenters. The highest BCUT2D eigenvalue weighted by Crippen LogP contribution is 2.39. The Hall–Kier alpha value is -2.54. The van der Waals surface area contributed by atoms with Gasteiger partial charge < -0.3 is 4.52 Å². The van der Waals surface area contributed by atoms with Crippen LogP contribution in [0.15, 0.2) is 58.7 Å². The Labute approximate surface area is 138 Å². The predicted octanol–water partition coefficient (Wildman–Crippen LogP) is 3.93. The van der Waals surface area contributed by atoms with Crippen molar-refractivity contribution >= 4 is 15.2 Å². The number of benzene rings is 1. The van der Waals surface area contributed by atoms with Crippen molar-refractivity contribution in [2.24, 2.45) is 0 Å². The Bertz CT molecular complexity index is 949. The smallest absolute Gasteiger partial charge is 0.298 e. The summed E-state index contributed by atoms with van der Waals surface area (Å²) in [4.78, 5) is 0.0114. The lowest BCUT2D eigenvalue weighted by atomic mass is 9.87. The number of hydrogen-bond acceptors (Lipinski definition) is 4. The van der Waals surface area contributed by atoms with Crippen LogP contribution in [0.3, 0.4) is 0 Å². The Morgan fingerprint density at radius 3 is 2.54 bits per heavy atom. The van der Waals surface area contributed by atoms with Crippen molar-refractivity contribution in [3.8, 4) is 11.3 Å². The van der Waals surface area contributed by atoms with Crippen LogP contribution in [0, 0.1) is 0 Å². The van der Waals surface area contributed by atoms with Crippen molar-refractivity contribution in [1.82, 2.24) is 5.16 Å². The lowest BCUT2D eigenvalue weighted by Crippen LogP contribution is -2.14. The van der Waals surface area contributed by atoms with Gasteiger partial charge in [0.05, 0.1) is 4.86 Å². The summed E-state index contributed by atoms with van der Waals surface area (Å²) in [6, 6.07) is 8.68. The highest BCUT2D eigenvalue weighted by molar-refractivity contribution is 7.73. The minimum absolute atomic E-state index is 0.0114. The van der Waals surface area contributed by atoms with Gasteiger partial charge in [0.2, 0.25) is 16.1 Å². The van der Waals surface area contributed by atoms with Gasteiger partial charge >= 0.3 is 0 Å². The second-order valence-electron chi connectivity index (χ2n) is 5.34. The van der Waals surface area contributed by atoms with Crippen molar-refractivity contribution in [2.75, 3.05) is 0 Å². The van der Waals surface area contributed by atoms with Gasteiger partial charge in [-0.2, -0.15) is 8.42 Å². The van der Waals surface area contributed by atoms with Crippen LogP contribution in [0.4, 0.5) is 8.78 Å². The third kappa shape index (κ3) is 2.94. The van der Waals surface area contributed by atoms with Crippen LogP contribution in [-0.4, -0.2) is 18.4 Å². The largest absolute Gasteiger partial charge is 0.354 e. The average molecular weight is 349 g/mol. The molecule has 1 aromatic carbocycles. The first-order valence-electron chi connectivity index (χ1n) is 7.14. The highest BCUT2D eigenvalue weighted by Gasteiger charge is 2.32. The summed E-state index contributed by atoms with van der Waals surface area (Å²) in [6.45, 7) is 1.74. The molecule has 0 saturated heterocycles. The maximum absolute atomic E-state index is 13.4. The van der Waals surface area contributed by atoms with Gasteiger partial charge in [-0.1, -0.05) is 53.2 Å². The van der Waals surface area contributed by atoms with E-state index in [-0.39, 0.29) is 16.1 Å². The maximum atomic E-state index is 13.4. The van der Waals surface area contributed by atoms with Gasteiger partial charge in [0.25, 0.3) is 6.43 Å². The molecule has 4 nitrogen and oxygen atoms in total. The Morgan fingerprint density at radius 2 is 1.92 bits per heavy atom. The molecule has 1 heterocycles. The van der Waals surface area contributed by atoms with E-state index < -0.39 is 28.4 Å². The van der Waals surface area contributed by atoms with E-state index in [1.807, 2.05) is 0 Å². The number of hydrogen-bond donors (Lipinski definition) is 0. The van der Waals surface area contributed by atoms with Crippen molar-refractivity contribution < 1.29 is 21.7 Å². The molecule has 0 N–H and O–H groups in total. The van der Waals surface area contributed by atoms with Crippen LogP contribution >= 0.6 is 0 Å². The standard InChI is InChI=1S/C17H13F2NO3S/c1-10-7-8-12(13(9-10)24(21)22)14-15(11-5-3-2-4-6-11)20-23-16(14)17(18)19/h2-9,12,17H,1H3. The van der Waals surface area contributed by atoms with E-state index in [1.165, 1.54) is 6.08 Å². The van der Waals surface area contributed by atoms with E-state index in [9.17, 15) is 17.2 Å². The van der Waals surface area contributed by atoms with Crippen LogP contribution in [-0.2, 0) is 10.3 Å². The summed E-state index contributed by atoms with van der Waals surface area (Å²) >= 11 is 0. The molecule has 124 valence electrons. The third-order valence-corrected chi connectivity index (χ3v) is 4.49. The predicted molar refractivity (Wildman–Crippen MR) is 86.5 cm³/mol. The van der Waals surface area contributed by atoms with E-state index in [0.29, 0.717) is 5.56 Å². The van der Waals surface area contributed by atoms with Crippen LogP contribution < -0.4 is 0 Å². The molecule has 0 saturated carbocycles. The molecule has 1 atom stereocenters. The van der Waals surface area contributed by atoms with Gasteiger partial charge in [0.15, 0.2) is 0 Å². The van der Waals surface area contributed by atoms with Crippen molar-refractivity contribution in [1.29, 1.82) is 0 Å². The first-order valence-corrected chi connectivity index (χ1v) is 8.22. The monoisotopic (exact) mass is 349 g/mol. The van der Waals surface area contributed by atoms with Crippen molar-refractivity contribution in [3.63, 3.8) is 0 Å². The molecule has 1 aliphatic carbocycles. The number of nitrogens with zero attached hydrogens (tertiary/aromatic N) is 1. The maximum Gasteiger partial charge on any atom is 0.298 e. The number of halogens is 2. The summed E-state index contributed by atoms with van der Waals surface area (Å²) in [5, 5.41) is 3.77. The second-order valence-corrected chi connectivity index (χ2v) is 6.28. The van der Waals surface area contributed by atoms with Crippen LogP contribution in [0.1, 0.15) is 30.6 Å². The summed E-state index contributed by atoms with van der Waals surface area (Å²) in [5.41, 5.74) is 1.60. The van der Waals surface area contributed by atoms with Gasteiger partial charge in [-0.05, 0) is 13.0 Å². The lowest BCUT2D eigenvalue weighted by molar-refractivity contribution is 0.111.